The van der Waals surface area contributed by atoms with Crippen molar-refractivity contribution in [2.45, 2.75) is 144 Å². The number of rotatable bonds is 12. The summed E-state index contributed by atoms with van der Waals surface area (Å²) in [4.78, 5) is 14.0. The Kier molecular flexibility index (Phi) is 10.2. The third kappa shape index (κ3) is 5.82. The number of ether oxygens (including phenoxy) is 1. The van der Waals surface area contributed by atoms with E-state index in [-0.39, 0.29) is 33.2 Å². The highest BCUT2D eigenvalue weighted by Crippen LogP contribution is 2.78. The van der Waals surface area contributed by atoms with Crippen molar-refractivity contribution in [3.05, 3.63) is 36.8 Å². The number of hydrazine groups is 1. The monoisotopic (exact) mass is 695 g/mol. The van der Waals surface area contributed by atoms with Gasteiger partial charge in [0.25, 0.3) is 0 Å². The van der Waals surface area contributed by atoms with Gasteiger partial charge in [-0.2, -0.15) is 0 Å². The van der Waals surface area contributed by atoms with Crippen LogP contribution in [0.25, 0.3) is 0 Å². The Bertz CT molecular complexity index is 1370. The summed E-state index contributed by atoms with van der Waals surface area (Å²) < 4.78 is 6.62. The Morgan fingerprint density at radius 2 is 1.52 bits per heavy atom. The van der Waals surface area contributed by atoms with Crippen LogP contribution in [0.4, 0.5) is 0 Å². The second kappa shape index (κ2) is 12.9. The molecule has 0 heterocycles. The summed E-state index contributed by atoms with van der Waals surface area (Å²) in [5, 5.41) is 11.7. The van der Waals surface area contributed by atoms with Crippen LogP contribution in [-0.4, -0.2) is 59.8 Å². The first-order chi connectivity index (χ1) is 22.9. The average molecular weight is 695 g/mol. The fourth-order valence-electron chi connectivity index (χ4n) is 13.5. The lowest BCUT2D eigenvalue weighted by atomic mass is 9.30. The first-order valence-electron chi connectivity index (χ1n) is 19.8. The SMILES string of the molecule is C=C(CC(C)(C)C(=O)O)O[C@H]1CC[C@]2(C)[C@H]3CC[C@@H]4[C@H]5[C@H](C(=C)C)CC[C@]5(CC(=C)N(N)CCN(C)C)CC[C@@]4(C)[C@]3(C)CC[C@@]2(N)C1(C)C. The summed E-state index contributed by atoms with van der Waals surface area (Å²) in [7, 11) is 4.20. The van der Waals surface area contributed by atoms with E-state index in [1.165, 1.54) is 44.1 Å². The van der Waals surface area contributed by atoms with Gasteiger partial charge < -0.3 is 25.5 Å². The molecule has 0 aromatic carbocycles. The van der Waals surface area contributed by atoms with Crippen LogP contribution in [0.1, 0.15) is 132 Å². The summed E-state index contributed by atoms with van der Waals surface area (Å²) >= 11 is 0. The lowest BCUT2D eigenvalue weighted by Crippen LogP contribution is -2.77. The fourth-order valence-corrected chi connectivity index (χ4v) is 13.5. The molecule has 284 valence electrons. The Morgan fingerprint density at radius 3 is 2.12 bits per heavy atom. The molecule has 5 fully saturated rings. The summed E-state index contributed by atoms with van der Waals surface area (Å²) in [6, 6.07) is 0. The summed E-state index contributed by atoms with van der Waals surface area (Å²) in [6.45, 7) is 33.4. The number of hydrogen-bond donors (Lipinski definition) is 3. The van der Waals surface area contributed by atoms with E-state index in [4.69, 9.17) is 16.3 Å². The summed E-state index contributed by atoms with van der Waals surface area (Å²) in [6.07, 6.45) is 12.7. The van der Waals surface area contributed by atoms with Crippen molar-refractivity contribution >= 4 is 5.97 Å². The van der Waals surface area contributed by atoms with Crippen molar-refractivity contribution in [2.24, 2.45) is 67.7 Å². The van der Waals surface area contributed by atoms with E-state index >= 15 is 0 Å². The smallest absolute Gasteiger partial charge is 0.309 e. The molecule has 5 saturated carbocycles. The van der Waals surface area contributed by atoms with E-state index in [1.54, 1.807) is 13.8 Å². The highest BCUT2D eigenvalue weighted by molar-refractivity contribution is 5.73. The minimum atomic E-state index is -0.922. The fraction of sp³-hybridized carbons (Fsp3) is 0.837. The second-order valence-corrected chi connectivity index (χ2v) is 20.4. The number of carbonyl (C=O) groups is 1. The van der Waals surface area contributed by atoms with Gasteiger partial charge in [-0.05, 0) is 151 Å². The molecule has 0 aromatic heterocycles. The topological polar surface area (TPSA) is 105 Å². The predicted molar refractivity (Wildman–Crippen MR) is 206 cm³/mol. The number of carboxylic acids is 1. The largest absolute Gasteiger partial charge is 0.495 e. The van der Waals surface area contributed by atoms with E-state index in [0.717, 1.165) is 50.9 Å². The van der Waals surface area contributed by atoms with Gasteiger partial charge >= 0.3 is 5.97 Å². The maximum Gasteiger partial charge on any atom is 0.309 e. The van der Waals surface area contributed by atoms with Gasteiger partial charge in [-0.1, -0.05) is 59.9 Å². The van der Waals surface area contributed by atoms with Crippen LogP contribution in [0.15, 0.2) is 36.8 Å². The number of carboxylic acid groups (broad SMARTS) is 1. The molecule has 0 radical (unpaired) electrons. The molecule has 0 saturated heterocycles. The van der Waals surface area contributed by atoms with Crippen LogP contribution in [0.3, 0.4) is 0 Å². The molecule has 5 aliphatic carbocycles. The summed E-state index contributed by atoms with van der Waals surface area (Å²) in [5.74, 6) is 8.71. The molecule has 5 N–H and O–H groups in total. The van der Waals surface area contributed by atoms with Crippen LogP contribution in [0.2, 0.25) is 0 Å². The molecule has 0 aliphatic heterocycles. The molecular formula is C43H74N4O3. The van der Waals surface area contributed by atoms with Gasteiger partial charge in [0.15, 0.2) is 0 Å². The number of likely N-dealkylation sites (N-methyl/N-ethyl adjacent to an activating group) is 1. The van der Waals surface area contributed by atoms with Crippen LogP contribution in [-0.2, 0) is 9.53 Å². The molecule has 0 bridgehead atoms. The van der Waals surface area contributed by atoms with E-state index in [1.807, 2.05) is 5.01 Å². The van der Waals surface area contributed by atoms with Crippen LogP contribution in [0.5, 0.6) is 0 Å². The van der Waals surface area contributed by atoms with Crippen molar-refractivity contribution in [2.75, 3.05) is 27.2 Å². The molecule has 10 atom stereocenters. The lowest BCUT2D eigenvalue weighted by Gasteiger charge is -2.75. The van der Waals surface area contributed by atoms with Crippen LogP contribution in [0, 0.1) is 56.2 Å². The van der Waals surface area contributed by atoms with E-state index < -0.39 is 16.9 Å². The number of aliphatic carboxylic acids is 1. The maximum atomic E-state index is 11.9. The quantitative estimate of drug-likeness (QED) is 0.0812. The first kappa shape index (κ1) is 39.4. The van der Waals surface area contributed by atoms with Crippen molar-refractivity contribution in [3.63, 3.8) is 0 Å². The molecule has 7 heteroatoms. The minimum absolute atomic E-state index is 0.0300. The first-order valence-corrected chi connectivity index (χ1v) is 19.8. The van der Waals surface area contributed by atoms with Crippen molar-refractivity contribution in [3.8, 4) is 0 Å². The van der Waals surface area contributed by atoms with Crippen LogP contribution >= 0.6 is 0 Å². The molecule has 50 heavy (non-hydrogen) atoms. The molecule has 0 unspecified atom stereocenters. The van der Waals surface area contributed by atoms with E-state index in [9.17, 15) is 9.90 Å². The lowest BCUT2D eigenvalue weighted by molar-refractivity contribution is -0.256. The highest BCUT2D eigenvalue weighted by atomic mass is 16.5. The van der Waals surface area contributed by atoms with Crippen LogP contribution < -0.4 is 11.6 Å². The van der Waals surface area contributed by atoms with E-state index in [2.05, 4.69) is 80.3 Å². The van der Waals surface area contributed by atoms with Gasteiger partial charge in [0.1, 0.15) is 6.10 Å². The number of fused-ring (bicyclic) bond motifs is 7. The molecule has 0 spiro atoms. The Hall–Kier alpha value is -1.83. The Labute approximate surface area is 305 Å². The summed E-state index contributed by atoms with van der Waals surface area (Å²) in [5.41, 5.74) is 9.28. The number of nitrogens with zero attached hydrogens (tertiary/aromatic N) is 2. The van der Waals surface area contributed by atoms with Crippen molar-refractivity contribution in [1.29, 1.82) is 0 Å². The molecular weight excluding hydrogens is 620 g/mol. The van der Waals surface area contributed by atoms with Gasteiger partial charge in [-0.15, -0.1) is 0 Å². The predicted octanol–water partition coefficient (Wildman–Crippen LogP) is 8.77. The van der Waals surface area contributed by atoms with Gasteiger partial charge in [0.05, 0.1) is 11.2 Å². The van der Waals surface area contributed by atoms with Gasteiger partial charge in [0.2, 0.25) is 0 Å². The third-order valence-corrected chi connectivity index (χ3v) is 16.9. The maximum absolute atomic E-state index is 11.9. The second-order valence-electron chi connectivity index (χ2n) is 20.4. The Balaban J connectivity index is 1.42. The molecule has 7 nitrogen and oxygen atoms in total. The molecule has 5 rings (SSSR count). The van der Waals surface area contributed by atoms with Crippen molar-refractivity contribution in [1.82, 2.24) is 9.91 Å². The zero-order chi connectivity index (χ0) is 37.5. The van der Waals surface area contributed by atoms with Gasteiger partial charge in [-0.3, -0.25) is 4.79 Å². The highest BCUT2D eigenvalue weighted by Gasteiger charge is 2.74. The normalized spacial score (nSPS) is 42.1. The number of nitrogens with two attached hydrogens (primary N) is 2. The minimum Gasteiger partial charge on any atom is -0.495 e. The molecule has 5 aliphatic rings. The number of hydrogen-bond acceptors (Lipinski definition) is 6. The third-order valence-electron chi connectivity index (χ3n) is 16.9. The zero-order valence-electron chi connectivity index (χ0n) is 33.7. The van der Waals surface area contributed by atoms with Gasteiger partial charge in [-0.25, -0.2) is 5.84 Å². The standard InChI is InChI=1S/C43H74N4O3/c1-28(2)31-16-19-42(26-29(3)47(45)25-24-46(12)13)22-20-39(9)32(35(31)42)14-15-33-40(39,10)21-23-43(44)38(7,8)34(17-18-41(33,43)11)50-30(4)27-37(5,6)36(48)49/h31-35H,1,3-4,14-27,44-45H2,2,5-13H3,(H,48,49)/t31-,32+,33-,34-,35+,39+,40+,41+,42+,43+/m0/s1. The average Bonchev–Trinajstić information content (AvgIpc) is 3.39. The Morgan fingerprint density at radius 1 is 0.880 bits per heavy atom. The molecule has 0 amide bonds. The van der Waals surface area contributed by atoms with Crippen molar-refractivity contribution < 1.29 is 14.6 Å². The number of allylic oxidation sites excluding steroid dienone is 3. The zero-order valence-corrected chi connectivity index (χ0v) is 33.7. The van der Waals surface area contributed by atoms with E-state index in [0.29, 0.717) is 35.9 Å². The van der Waals surface area contributed by atoms with Gasteiger partial charge in [0, 0.05) is 36.2 Å². The molecule has 0 aromatic rings.